The van der Waals surface area contributed by atoms with Gasteiger partial charge in [-0.15, -0.1) is 0 Å². The molecule has 0 aromatic heterocycles. The number of aliphatic carboxylic acids is 1. The fraction of sp³-hybridized carbons (Fsp3) is 0.714. The minimum absolute atomic E-state index is 0. The van der Waals surface area contributed by atoms with E-state index in [0.29, 0.717) is 25.8 Å². The Hall–Kier alpha value is -4.38. The second-order valence-electron chi connectivity index (χ2n) is 8.39. The molecular weight excluding hydrogens is 707 g/mol. The molecule has 35 heavy (non-hydrogen) atoms. The Balaban J connectivity index is -0.000000271. The van der Waals surface area contributed by atoms with Gasteiger partial charge in [-0.25, -0.2) is 4.79 Å². The first-order valence-corrected chi connectivity index (χ1v) is 10.7. The number of ether oxygens (including phenoxy) is 1. The molecule has 1 unspecified atom stereocenters. The maximum atomic E-state index is 11.7. The van der Waals surface area contributed by atoms with E-state index in [4.69, 9.17) is 26.1 Å². The number of hydrogen-bond donors (Lipinski definition) is 6. The van der Waals surface area contributed by atoms with Crippen LogP contribution in [0, 0.1) is 5.92 Å². The molecule has 0 radical (unpaired) electrons. The van der Waals surface area contributed by atoms with Gasteiger partial charge in [0.2, 0.25) is 11.8 Å². The molecule has 0 saturated heterocycles. The van der Waals surface area contributed by atoms with E-state index in [1.54, 1.807) is 34.6 Å². The molecule has 5 amide bonds. The molecule has 0 aliphatic heterocycles. The molecule has 9 N–H and O–H groups in total. The van der Waals surface area contributed by atoms with E-state index in [-0.39, 0.29) is 37.1 Å². The van der Waals surface area contributed by atoms with Crippen LogP contribution >= 0.6 is 0 Å². The first-order valence-electron chi connectivity index (χ1n) is 10.7. The van der Waals surface area contributed by atoms with Gasteiger partial charge in [0.15, 0.2) is 0 Å². The summed E-state index contributed by atoms with van der Waals surface area (Å²) in [4.78, 5) is 62.8. The second kappa shape index (κ2) is 21.5. The van der Waals surface area contributed by atoms with Crippen LogP contribution in [0.25, 0.3) is 0 Å². The van der Waals surface area contributed by atoms with Crippen LogP contribution in [0.5, 0.6) is 0 Å². The van der Waals surface area contributed by atoms with Crippen LogP contribution in [0.1, 0.15) is 73.1 Å². The van der Waals surface area contributed by atoms with Crippen molar-refractivity contribution in [1.29, 1.82) is 0 Å². The number of carbonyl (C=O) groups excluding carboxylic acids is 5. The smallest absolute Gasteiger partial charge is 0.312 e. The molecule has 0 aromatic rings. The number of nitrogens with two attached hydrogens (primary N) is 3. The number of nitrogens with one attached hydrogen (secondary N) is 2. The number of primary amides is 3. The quantitative estimate of drug-likeness (QED) is 0.0689. The topological polar surface area (TPSA) is 234 Å². The minimum atomic E-state index is -0.816. The summed E-state index contributed by atoms with van der Waals surface area (Å²) in [6.45, 7) is 9.42. The van der Waals surface area contributed by atoms with Crippen molar-refractivity contribution in [3.63, 3.8) is 0 Å². The van der Waals surface area contributed by atoms with Gasteiger partial charge in [-0.05, 0) is 46.0 Å². The molecule has 0 saturated carbocycles. The number of carbonyl (C=O) groups is 5. The van der Waals surface area contributed by atoms with Crippen LogP contribution in [-0.4, -0.2) is 59.5 Å². The number of carboxylic acids is 1. The summed E-state index contributed by atoms with van der Waals surface area (Å²) < 4.78 is 5.13. The maximum absolute atomic E-state index is 11.7. The Morgan fingerprint density at radius 1 is 0.971 bits per heavy atom. The SMILES string of the molecule is CC(C)C(NC(=O)CCCC(=O)OC(C)(C)C)C(N)=O.NC(=O)NCCCCC(=O)O.N[C-]=O.[Fm]. The molecule has 0 fully saturated rings. The zero-order chi connectivity index (χ0) is 27.3. The van der Waals surface area contributed by atoms with Crippen LogP contribution in [0.4, 0.5) is 4.79 Å². The van der Waals surface area contributed by atoms with E-state index in [0.717, 1.165) is 6.41 Å². The molecule has 13 nitrogen and oxygen atoms in total. The number of unbranched alkanes of at least 4 members (excludes halogenated alkanes) is 1. The largest absolute Gasteiger partial charge is 0.543 e. The third kappa shape index (κ3) is 31.9. The Morgan fingerprint density at radius 2 is 1.49 bits per heavy atom. The monoisotopic (exact) mass is 747 g/mol. The normalized spacial score (nSPS) is 10.6. The number of rotatable bonds is 12. The average molecular weight is 748 g/mol. The van der Waals surface area contributed by atoms with Crippen LogP contribution in [0.3, 0.4) is 0 Å². The molecule has 0 heterocycles. The summed E-state index contributed by atoms with van der Waals surface area (Å²) in [6, 6.07) is -1.25. The van der Waals surface area contributed by atoms with Crippen molar-refractivity contribution in [3.8, 4) is 0 Å². The van der Waals surface area contributed by atoms with Gasteiger partial charge in [0.05, 0.1) is 0 Å². The number of esters is 1. The molecule has 210 valence electrons. The predicted molar refractivity (Wildman–Crippen MR) is 125 cm³/mol. The third-order valence-corrected chi connectivity index (χ3v) is 3.61. The van der Waals surface area contributed by atoms with Crippen LogP contribution in [0.15, 0.2) is 0 Å². The van der Waals surface area contributed by atoms with E-state index in [1.807, 2.05) is 0 Å². The van der Waals surface area contributed by atoms with Crippen molar-refractivity contribution in [3.05, 3.63) is 0 Å². The molecule has 0 rings (SSSR count). The van der Waals surface area contributed by atoms with E-state index >= 15 is 0 Å². The molecule has 0 aliphatic rings. The van der Waals surface area contributed by atoms with Crippen molar-refractivity contribution in [2.75, 3.05) is 6.54 Å². The zero-order valence-electron chi connectivity index (χ0n) is 20.9. The van der Waals surface area contributed by atoms with E-state index in [1.165, 1.54) is 0 Å². The molecule has 0 aromatic carbocycles. The van der Waals surface area contributed by atoms with Gasteiger partial charge >= 0.3 is 18.0 Å². The van der Waals surface area contributed by atoms with Gasteiger partial charge in [-0.2, -0.15) is 6.41 Å². The van der Waals surface area contributed by atoms with Crippen molar-refractivity contribution < 1.29 is 38.6 Å². The van der Waals surface area contributed by atoms with Gasteiger partial charge < -0.3 is 42.5 Å². The molecule has 0 bridgehead atoms. The number of carboxylic acid groups (broad SMARTS) is 1. The van der Waals surface area contributed by atoms with Crippen LogP contribution in [0.2, 0.25) is 0 Å². The van der Waals surface area contributed by atoms with Gasteiger partial charge in [-0.1, -0.05) is 13.8 Å². The van der Waals surface area contributed by atoms with Crippen molar-refractivity contribution >= 4 is 36.2 Å². The number of hydrogen-bond acceptors (Lipinski definition) is 7. The van der Waals surface area contributed by atoms with Crippen molar-refractivity contribution in [2.45, 2.75) is 84.8 Å². The molecule has 0 spiro atoms. The summed E-state index contributed by atoms with van der Waals surface area (Å²) >= 11 is 0. The Labute approximate surface area is 200 Å². The second-order valence-corrected chi connectivity index (χ2v) is 8.39. The first-order chi connectivity index (χ1) is 15.6. The van der Waals surface area contributed by atoms with Crippen molar-refractivity contribution in [1.82, 2.24) is 10.6 Å². The van der Waals surface area contributed by atoms with E-state index < -0.39 is 29.6 Å². The maximum Gasteiger partial charge on any atom is 0.312 e. The van der Waals surface area contributed by atoms with Gasteiger partial charge in [0.25, 0.3) is 0 Å². The standard InChI is InChI=1S/C14H26N2O4.C6H12N2O3.CH2NO.Fm/c1-9(2)12(13(15)19)16-10(17)7-6-8-11(18)20-14(3,4)5;7-6(11)8-4-2-1-3-5(9)10;2-1-3;/h9,12H,6-8H2,1-5H3,(H2,15,19)(H,16,17);1-4H2,(H,9,10)(H3,7,8,11);(H2,2,3);/q;;-1;. The van der Waals surface area contributed by atoms with Gasteiger partial charge in [0.1, 0.15) is 11.6 Å². The van der Waals surface area contributed by atoms with E-state index in [9.17, 15) is 24.0 Å². The molecule has 1 atom stereocenters. The summed E-state index contributed by atoms with van der Waals surface area (Å²) in [6.07, 6.45) is 3.07. The Kier molecular flexibility index (Phi) is 23.2. The predicted octanol–water partition coefficient (Wildman–Crippen LogP) is 0.0464. The molecular formula is C21H40FmN5O8-. The summed E-state index contributed by atoms with van der Waals surface area (Å²) in [7, 11) is 0. The third-order valence-electron chi connectivity index (χ3n) is 3.61. The molecule has 14 heteroatoms. The molecule has 0 aliphatic carbocycles. The number of amides is 5. The Morgan fingerprint density at radius 3 is 1.86 bits per heavy atom. The zero-order valence-corrected chi connectivity index (χ0v) is 23.3. The van der Waals surface area contributed by atoms with Gasteiger partial charge in [0, 0.05) is 25.8 Å². The fourth-order valence-corrected chi connectivity index (χ4v) is 2.21. The first kappa shape index (κ1) is 37.9. The van der Waals surface area contributed by atoms with Crippen LogP contribution in [-0.2, 0) is 28.7 Å². The summed E-state index contributed by atoms with van der Waals surface area (Å²) in [5.74, 6) is -2.06. The van der Waals surface area contributed by atoms with Crippen molar-refractivity contribution in [2.24, 2.45) is 23.1 Å². The number of urea groups is 1. The van der Waals surface area contributed by atoms with Crippen LogP contribution < -0.4 is 27.8 Å². The van der Waals surface area contributed by atoms with Gasteiger partial charge in [-0.3, -0.25) is 19.2 Å². The average Bonchev–Trinajstić information content (AvgIpc) is 2.64. The summed E-state index contributed by atoms with van der Waals surface area (Å²) in [5.41, 5.74) is 13.5. The van der Waals surface area contributed by atoms with E-state index in [2.05, 4.69) is 16.4 Å². The summed E-state index contributed by atoms with van der Waals surface area (Å²) in [5, 5.41) is 13.1. The Bertz CT molecular complexity index is 638. The minimum Gasteiger partial charge on any atom is -0.543 e. The fourth-order valence-electron chi connectivity index (χ4n) is 2.21.